The molecule has 12 heteroatoms. The minimum Gasteiger partial charge on any atom is -0.497 e. The van der Waals surface area contributed by atoms with E-state index < -0.39 is 22.0 Å². The Morgan fingerprint density at radius 3 is 2.55 bits per heavy atom. The van der Waals surface area contributed by atoms with Gasteiger partial charge in [-0.25, -0.2) is 8.42 Å². The fourth-order valence-corrected chi connectivity index (χ4v) is 8.37. The number of carboxylic acid groups (broad SMARTS) is 1. The number of aliphatic carboxylic acids is 1. The average molecular weight is 636 g/mol. The molecule has 4 rings (SSSR count). The van der Waals surface area contributed by atoms with E-state index in [2.05, 4.69) is 37.3 Å². The summed E-state index contributed by atoms with van der Waals surface area (Å²) >= 11 is 0. The van der Waals surface area contributed by atoms with E-state index in [0.717, 1.165) is 70.2 Å². The van der Waals surface area contributed by atoms with Crippen molar-refractivity contribution in [2.45, 2.75) is 82.8 Å². The lowest BCUT2D eigenvalue weighted by atomic mass is 9.85. The Hall–Kier alpha value is -2.25. The van der Waals surface area contributed by atoms with E-state index in [1.807, 2.05) is 19.1 Å². The molecule has 1 unspecified atom stereocenters. The number of nitrogens with one attached hydrogen (secondary N) is 3. The first kappa shape index (κ1) is 34.6. The van der Waals surface area contributed by atoms with Gasteiger partial charge in [-0.15, -0.1) is 0 Å². The predicted molar refractivity (Wildman–Crippen MR) is 171 cm³/mol. The number of hydrogen-bond acceptors (Lipinski definition) is 8. The van der Waals surface area contributed by atoms with Gasteiger partial charge in [-0.3, -0.25) is 19.4 Å². The molecule has 0 saturated carbocycles. The molecular formula is C32H53N5O6S. The highest BCUT2D eigenvalue weighted by Gasteiger charge is 2.38. The molecule has 1 aromatic carbocycles. The van der Waals surface area contributed by atoms with Crippen LogP contribution in [0.2, 0.25) is 0 Å². The van der Waals surface area contributed by atoms with Gasteiger partial charge >= 0.3 is 5.97 Å². The summed E-state index contributed by atoms with van der Waals surface area (Å²) in [5.41, 5.74) is 1.32. The lowest BCUT2D eigenvalue weighted by molar-refractivity contribution is -0.138. The number of carbonyl (C=O) groups is 2. The minimum absolute atomic E-state index is 0.128. The Labute approximate surface area is 263 Å². The number of amides is 1. The third kappa shape index (κ3) is 10.7. The molecule has 4 atom stereocenters. The van der Waals surface area contributed by atoms with Gasteiger partial charge < -0.3 is 20.5 Å². The number of rotatable bonds is 16. The van der Waals surface area contributed by atoms with Crippen LogP contribution in [0.5, 0.6) is 5.75 Å². The van der Waals surface area contributed by atoms with Crippen molar-refractivity contribution in [3.63, 3.8) is 0 Å². The van der Waals surface area contributed by atoms with Crippen molar-refractivity contribution in [1.29, 1.82) is 0 Å². The highest BCUT2D eigenvalue weighted by Crippen LogP contribution is 2.31. The highest BCUT2D eigenvalue weighted by molar-refractivity contribution is 7.89. The van der Waals surface area contributed by atoms with Crippen molar-refractivity contribution in [3.8, 4) is 5.75 Å². The van der Waals surface area contributed by atoms with E-state index in [0.29, 0.717) is 31.3 Å². The fraction of sp³-hybridized carbons (Fsp3) is 0.750. The smallest absolute Gasteiger partial charge is 0.323 e. The van der Waals surface area contributed by atoms with Crippen LogP contribution < -0.4 is 20.1 Å². The van der Waals surface area contributed by atoms with Crippen LogP contribution in [0.3, 0.4) is 0 Å². The van der Waals surface area contributed by atoms with E-state index in [1.165, 1.54) is 24.8 Å². The molecule has 11 nitrogen and oxygen atoms in total. The van der Waals surface area contributed by atoms with Crippen LogP contribution in [0.25, 0.3) is 0 Å². The number of hydrogen-bond donors (Lipinski definition) is 4. The van der Waals surface area contributed by atoms with Crippen molar-refractivity contribution in [3.05, 3.63) is 29.8 Å². The van der Waals surface area contributed by atoms with E-state index in [9.17, 15) is 23.1 Å². The first-order chi connectivity index (χ1) is 21.2. The summed E-state index contributed by atoms with van der Waals surface area (Å²) in [6, 6.07) is 7.87. The predicted octanol–water partition coefficient (Wildman–Crippen LogP) is 2.07. The lowest BCUT2D eigenvalue weighted by Crippen LogP contribution is -2.61. The van der Waals surface area contributed by atoms with Crippen LogP contribution in [0, 0.1) is 11.8 Å². The maximum absolute atomic E-state index is 12.9. The second-order valence-electron chi connectivity index (χ2n) is 12.9. The Morgan fingerprint density at radius 1 is 1.11 bits per heavy atom. The lowest BCUT2D eigenvalue weighted by Gasteiger charge is -2.50. The number of sulfonamides is 1. The zero-order valence-corrected chi connectivity index (χ0v) is 27.3. The molecule has 0 bridgehead atoms. The fourth-order valence-electron chi connectivity index (χ4n) is 6.96. The third-order valence-electron chi connectivity index (χ3n) is 9.63. The van der Waals surface area contributed by atoms with Gasteiger partial charge in [0, 0.05) is 38.1 Å². The van der Waals surface area contributed by atoms with Crippen LogP contribution in [0.1, 0.15) is 63.9 Å². The Morgan fingerprint density at radius 2 is 1.86 bits per heavy atom. The maximum atomic E-state index is 12.9. The number of carboxylic acids is 1. The number of unbranched alkanes of at least 4 members (excludes halogenated alkanes) is 1. The third-order valence-corrected chi connectivity index (χ3v) is 11.1. The number of nitrogens with zero attached hydrogens (tertiary/aromatic N) is 2. The van der Waals surface area contributed by atoms with Gasteiger partial charge in [0.15, 0.2) is 0 Å². The molecule has 3 heterocycles. The number of ether oxygens (including phenoxy) is 1. The van der Waals surface area contributed by atoms with E-state index in [1.54, 1.807) is 7.11 Å². The first-order valence-corrected chi connectivity index (χ1v) is 18.1. The molecule has 0 spiro atoms. The summed E-state index contributed by atoms with van der Waals surface area (Å²) in [7, 11) is -2.03. The van der Waals surface area contributed by atoms with Gasteiger partial charge in [0.1, 0.15) is 11.8 Å². The number of piperazine rings is 1. The monoisotopic (exact) mass is 635 g/mol. The maximum Gasteiger partial charge on any atom is 0.323 e. The molecule has 1 amide bonds. The van der Waals surface area contributed by atoms with Gasteiger partial charge in [0.05, 0.1) is 12.9 Å². The van der Waals surface area contributed by atoms with Crippen LogP contribution in [0.4, 0.5) is 0 Å². The number of piperidine rings is 2. The summed E-state index contributed by atoms with van der Waals surface area (Å²) in [6.45, 7) is 7.86. The summed E-state index contributed by atoms with van der Waals surface area (Å²) < 4.78 is 32.0. The topological polar surface area (TPSA) is 140 Å². The van der Waals surface area contributed by atoms with E-state index in [4.69, 9.17) is 4.74 Å². The second-order valence-corrected chi connectivity index (χ2v) is 14.8. The van der Waals surface area contributed by atoms with Gasteiger partial charge in [-0.2, -0.15) is 4.72 Å². The molecular weight excluding hydrogens is 582 g/mol. The summed E-state index contributed by atoms with van der Waals surface area (Å²) in [5, 5.41) is 15.7. The Kier molecular flexibility index (Phi) is 13.3. The summed E-state index contributed by atoms with van der Waals surface area (Å²) in [5.74, 6) is 0.206. The van der Waals surface area contributed by atoms with Gasteiger partial charge in [-0.05, 0) is 101 Å². The van der Waals surface area contributed by atoms with Crippen molar-refractivity contribution in [2.75, 3.05) is 58.7 Å². The number of carbonyl (C=O) groups excluding carboxylic acids is 1. The highest BCUT2D eigenvalue weighted by atomic mass is 32.2. The molecule has 0 aromatic heterocycles. The Balaban J connectivity index is 1.31. The van der Waals surface area contributed by atoms with Crippen molar-refractivity contribution in [2.24, 2.45) is 11.8 Å². The largest absolute Gasteiger partial charge is 0.497 e. The molecule has 248 valence electrons. The Bertz CT molecular complexity index is 1160. The minimum atomic E-state index is -3.72. The van der Waals surface area contributed by atoms with Crippen molar-refractivity contribution in [1.82, 2.24) is 25.2 Å². The molecule has 4 N–H and O–H groups in total. The van der Waals surface area contributed by atoms with Crippen LogP contribution in [-0.2, 0) is 26.0 Å². The van der Waals surface area contributed by atoms with Gasteiger partial charge in [0.25, 0.3) is 0 Å². The number of benzene rings is 1. The van der Waals surface area contributed by atoms with E-state index in [-0.39, 0.29) is 24.1 Å². The van der Waals surface area contributed by atoms with Crippen LogP contribution in [-0.4, -0.2) is 112 Å². The molecule has 3 aliphatic heterocycles. The normalized spacial score (nSPS) is 24.4. The quantitative estimate of drug-likeness (QED) is 0.215. The molecule has 0 radical (unpaired) electrons. The molecule has 0 aliphatic carbocycles. The summed E-state index contributed by atoms with van der Waals surface area (Å²) in [4.78, 5) is 29.8. The number of methoxy groups -OCH3 is 1. The molecule has 44 heavy (non-hydrogen) atoms. The zero-order chi connectivity index (χ0) is 31.5. The van der Waals surface area contributed by atoms with E-state index >= 15 is 0 Å². The first-order valence-electron chi connectivity index (χ1n) is 16.5. The molecule has 3 fully saturated rings. The van der Waals surface area contributed by atoms with Crippen LogP contribution >= 0.6 is 0 Å². The van der Waals surface area contributed by atoms with Crippen molar-refractivity contribution >= 4 is 21.9 Å². The van der Waals surface area contributed by atoms with Gasteiger partial charge in [-0.1, -0.05) is 25.5 Å². The standard InChI is InChI=1S/C32H53N5O6S/c1-3-4-17-44(41,42)35-30(32(39)40)21-34-31(38)20-26-12-16-37-22-27(18-25-5-7-29(43-2)8-6-25)36(23-28(37)19-26)15-11-24-9-13-33-14-10-24/h5-8,24,26-28,30,33,35H,3-4,9-23H2,1-2H3,(H,34,38)(H,39,40)/t26?,27-,28+,30-/m0/s1. The molecule has 3 saturated heterocycles. The average Bonchev–Trinajstić information content (AvgIpc) is 3.02. The van der Waals surface area contributed by atoms with Crippen molar-refractivity contribution < 1.29 is 27.9 Å². The summed E-state index contributed by atoms with van der Waals surface area (Å²) in [6.07, 6.45) is 8.01. The second kappa shape index (κ2) is 16.9. The van der Waals surface area contributed by atoms with Gasteiger partial charge in [0.2, 0.25) is 15.9 Å². The van der Waals surface area contributed by atoms with Crippen LogP contribution in [0.15, 0.2) is 24.3 Å². The molecule has 3 aliphatic rings. The SMILES string of the molecule is CCCCS(=O)(=O)N[C@@H](CNC(=O)CC1CCN2C[C@H](Cc3ccc(OC)cc3)N(CCC3CCNCC3)C[C@H]2C1)C(=O)O. The number of fused-ring (bicyclic) bond motifs is 1. The zero-order valence-electron chi connectivity index (χ0n) is 26.5. The molecule has 1 aromatic rings.